The molecule has 5 nitrogen and oxygen atoms in total. The zero-order valence-electron chi connectivity index (χ0n) is 12.8. The van der Waals surface area contributed by atoms with Crippen LogP contribution in [0.5, 0.6) is 0 Å². The number of nitrogens with zero attached hydrogens (tertiary/aromatic N) is 2. The number of nitrogens with one attached hydrogen (secondary N) is 2. The molecule has 2 N–H and O–H groups in total. The van der Waals surface area contributed by atoms with Crippen LogP contribution >= 0.6 is 11.8 Å². The van der Waals surface area contributed by atoms with Gasteiger partial charge in [0.05, 0.1) is 5.25 Å². The zero-order valence-corrected chi connectivity index (χ0v) is 13.6. The SMILES string of the molecule is CC(C)c1nc(S[C@H](C)C(=O)NCc2ccc(F)cc2)n[nH]1. The molecule has 1 aromatic carbocycles. The summed E-state index contributed by atoms with van der Waals surface area (Å²) in [7, 11) is 0. The van der Waals surface area contributed by atoms with Crippen molar-refractivity contribution in [3.63, 3.8) is 0 Å². The maximum absolute atomic E-state index is 12.8. The number of thioether (sulfide) groups is 1. The second-order valence-corrected chi connectivity index (χ2v) is 6.57. The molecule has 1 aromatic heterocycles. The molecule has 22 heavy (non-hydrogen) atoms. The Hall–Kier alpha value is -1.89. The summed E-state index contributed by atoms with van der Waals surface area (Å²) in [6, 6.07) is 6.05. The van der Waals surface area contributed by atoms with Crippen molar-refractivity contribution in [2.24, 2.45) is 0 Å². The Morgan fingerprint density at radius 2 is 2.00 bits per heavy atom. The first-order valence-corrected chi connectivity index (χ1v) is 7.94. The third-order valence-electron chi connectivity index (χ3n) is 3.06. The summed E-state index contributed by atoms with van der Waals surface area (Å²) in [6.07, 6.45) is 0. The minimum Gasteiger partial charge on any atom is -0.351 e. The summed E-state index contributed by atoms with van der Waals surface area (Å²) >= 11 is 1.30. The summed E-state index contributed by atoms with van der Waals surface area (Å²) < 4.78 is 12.8. The Morgan fingerprint density at radius 1 is 1.32 bits per heavy atom. The molecular formula is C15H19FN4OS. The molecule has 7 heteroatoms. The van der Waals surface area contributed by atoms with E-state index in [1.165, 1.54) is 23.9 Å². The normalized spacial score (nSPS) is 12.4. The average molecular weight is 322 g/mol. The van der Waals surface area contributed by atoms with E-state index in [1.54, 1.807) is 19.1 Å². The number of amides is 1. The lowest BCUT2D eigenvalue weighted by Crippen LogP contribution is -2.30. The molecular weight excluding hydrogens is 303 g/mol. The maximum Gasteiger partial charge on any atom is 0.233 e. The first kappa shape index (κ1) is 16.5. The highest BCUT2D eigenvalue weighted by molar-refractivity contribution is 8.00. The van der Waals surface area contributed by atoms with Gasteiger partial charge >= 0.3 is 0 Å². The first-order chi connectivity index (χ1) is 10.5. The Morgan fingerprint density at radius 3 is 2.59 bits per heavy atom. The van der Waals surface area contributed by atoms with Crippen LogP contribution in [0.3, 0.4) is 0 Å². The van der Waals surface area contributed by atoms with Gasteiger partial charge in [-0.1, -0.05) is 37.7 Å². The topological polar surface area (TPSA) is 70.7 Å². The molecule has 118 valence electrons. The fraction of sp³-hybridized carbons (Fsp3) is 0.400. The van der Waals surface area contributed by atoms with Crippen molar-refractivity contribution in [2.75, 3.05) is 0 Å². The highest BCUT2D eigenvalue weighted by Crippen LogP contribution is 2.21. The van der Waals surface area contributed by atoms with E-state index < -0.39 is 0 Å². The highest BCUT2D eigenvalue weighted by atomic mass is 32.2. The van der Waals surface area contributed by atoms with Gasteiger partial charge in [0, 0.05) is 12.5 Å². The molecule has 0 aliphatic carbocycles. The number of hydrogen-bond donors (Lipinski definition) is 2. The predicted molar refractivity (Wildman–Crippen MR) is 84.0 cm³/mol. The third kappa shape index (κ3) is 4.56. The van der Waals surface area contributed by atoms with E-state index in [-0.39, 0.29) is 22.9 Å². The molecule has 1 amide bonds. The Bertz CT molecular complexity index is 627. The number of halogens is 1. The van der Waals surface area contributed by atoms with Gasteiger partial charge in [0.15, 0.2) is 0 Å². The van der Waals surface area contributed by atoms with E-state index in [0.717, 1.165) is 11.4 Å². The molecule has 2 rings (SSSR count). The molecule has 1 heterocycles. The number of hydrogen-bond acceptors (Lipinski definition) is 4. The van der Waals surface area contributed by atoms with Gasteiger partial charge in [-0.2, -0.15) is 0 Å². The fourth-order valence-corrected chi connectivity index (χ4v) is 2.47. The van der Waals surface area contributed by atoms with E-state index in [4.69, 9.17) is 0 Å². The fourth-order valence-electron chi connectivity index (χ4n) is 1.72. The smallest absolute Gasteiger partial charge is 0.233 e. The molecule has 0 aliphatic rings. The van der Waals surface area contributed by atoms with Gasteiger partial charge in [-0.05, 0) is 24.6 Å². The lowest BCUT2D eigenvalue weighted by atomic mass is 10.2. The van der Waals surface area contributed by atoms with Gasteiger partial charge in [-0.25, -0.2) is 9.37 Å². The quantitative estimate of drug-likeness (QED) is 0.802. The molecule has 0 spiro atoms. The molecule has 0 saturated heterocycles. The lowest BCUT2D eigenvalue weighted by molar-refractivity contribution is -0.120. The van der Waals surface area contributed by atoms with Crippen LogP contribution in [0.2, 0.25) is 0 Å². The second-order valence-electron chi connectivity index (χ2n) is 5.26. The second kappa shape index (κ2) is 7.40. The van der Waals surface area contributed by atoms with Gasteiger partial charge in [0.2, 0.25) is 11.1 Å². The summed E-state index contributed by atoms with van der Waals surface area (Å²) in [5.74, 6) is 0.681. The minimum absolute atomic E-state index is 0.106. The van der Waals surface area contributed by atoms with Crippen LogP contribution in [0.25, 0.3) is 0 Å². The number of carbonyl (C=O) groups excluding carboxylic acids is 1. The Kier molecular flexibility index (Phi) is 5.54. The van der Waals surface area contributed by atoms with Crippen LogP contribution in [0, 0.1) is 5.82 Å². The monoisotopic (exact) mass is 322 g/mol. The number of benzene rings is 1. The molecule has 0 fully saturated rings. The number of H-pyrrole nitrogens is 1. The molecule has 2 aromatic rings. The minimum atomic E-state index is -0.309. The van der Waals surface area contributed by atoms with Crippen molar-refractivity contribution in [2.45, 2.75) is 43.6 Å². The molecule has 0 unspecified atom stereocenters. The van der Waals surface area contributed by atoms with E-state index in [0.29, 0.717) is 11.7 Å². The maximum atomic E-state index is 12.8. The van der Waals surface area contributed by atoms with Crippen molar-refractivity contribution in [1.29, 1.82) is 0 Å². The Balaban J connectivity index is 1.84. The van der Waals surface area contributed by atoms with Gasteiger partial charge in [-0.3, -0.25) is 9.89 Å². The van der Waals surface area contributed by atoms with E-state index >= 15 is 0 Å². The highest BCUT2D eigenvalue weighted by Gasteiger charge is 2.17. The number of aromatic nitrogens is 3. The van der Waals surface area contributed by atoms with Crippen LogP contribution in [-0.2, 0) is 11.3 Å². The van der Waals surface area contributed by atoms with Crippen LogP contribution in [0.4, 0.5) is 4.39 Å². The summed E-state index contributed by atoms with van der Waals surface area (Å²) in [5, 5.41) is 10.0. The average Bonchev–Trinajstić information content (AvgIpc) is 2.95. The van der Waals surface area contributed by atoms with Crippen LogP contribution in [0.15, 0.2) is 29.4 Å². The van der Waals surface area contributed by atoms with E-state index in [9.17, 15) is 9.18 Å². The predicted octanol–water partition coefficient (Wildman–Crippen LogP) is 2.86. The van der Waals surface area contributed by atoms with Gasteiger partial charge in [0.1, 0.15) is 11.6 Å². The number of carbonyl (C=O) groups is 1. The largest absolute Gasteiger partial charge is 0.351 e. The van der Waals surface area contributed by atoms with Gasteiger partial charge < -0.3 is 5.32 Å². The summed E-state index contributed by atoms with van der Waals surface area (Å²) in [5.41, 5.74) is 0.854. The Labute approximate surface area is 133 Å². The summed E-state index contributed by atoms with van der Waals surface area (Å²) in [6.45, 7) is 6.22. The van der Waals surface area contributed by atoms with Crippen LogP contribution < -0.4 is 5.32 Å². The standard InChI is InChI=1S/C15H19FN4OS/c1-9(2)13-18-15(20-19-13)22-10(3)14(21)17-8-11-4-6-12(16)7-5-11/h4-7,9-10H,8H2,1-3H3,(H,17,21)(H,18,19,20)/t10-/m1/s1. The van der Waals surface area contributed by atoms with E-state index in [2.05, 4.69) is 20.5 Å². The van der Waals surface area contributed by atoms with Gasteiger partial charge in [-0.15, -0.1) is 5.10 Å². The lowest BCUT2D eigenvalue weighted by Gasteiger charge is -2.10. The molecule has 0 radical (unpaired) electrons. The molecule has 0 bridgehead atoms. The zero-order chi connectivity index (χ0) is 16.1. The molecule has 0 aliphatic heterocycles. The number of rotatable bonds is 6. The van der Waals surface area contributed by atoms with Crippen molar-refractivity contribution in [1.82, 2.24) is 20.5 Å². The van der Waals surface area contributed by atoms with Crippen LogP contribution in [-0.4, -0.2) is 26.3 Å². The van der Waals surface area contributed by atoms with Crippen molar-refractivity contribution < 1.29 is 9.18 Å². The van der Waals surface area contributed by atoms with Crippen molar-refractivity contribution in [3.8, 4) is 0 Å². The van der Waals surface area contributed by atoms with Crippen molar-refractivity contribution in [3.05, 3.63) is 41.5 Å². The van der Waals surface area contributed by atoms with Crippen LogP contribution in [0.1, 0.15) is 38.1 Å². The van der Waals surface area contributed by atoms with Crippen molar-refractivity contribution >= 4 is 17.7 Å². The molecule has 0 saturated carbocycles. The van der Waals surface area contributed by atoms with Gasteiger partial charge in [0.25, 0.3) is 0 Å². The van der Waals surface area contributed by atoms with E-state index in [1.807, 2.05) is 13.8 Å². The number of aromatic amines is 1. The molecule has 1 atom stereocenters. The summed E-state index contributed by atoms with van der Waals surface area (Å²) in [4.78, 5) is 16.4. The first-order valence-electron chi connectivity index (χ1n) is 7.07. The third-order valence-corrected chi connectivity index (χ3v) is 4.02.